The smallest absolute Gasteiger partial charge is 0.330 e. The molecule has 1 saturated heterocycles. The van der Waals surface area contributed by atoms with Gasteiger partial charge in [-0.2, -0.15) is 4.39 Å². The first-order valence-corrected chi connectivity index (χ1v) is 5.55. The second-order valence-electron chi connectivity index (χ2n) is 4.23. The van der Waals surface area contributed by atoms with Gasteiger partial charge in [0, 0.05) is 0 Å². The van der Waals surface area contributed by atoms with E-state index in [-0.39, 0.29) is 0 Å². The summed E-state index contributed by atoms with van der Waals surface area (Å²) in [5, 5.41) is 28.0. The van der Waals surface area contributed by atoms with E-state index in [1.807, 2.05) is 0 Å². The molecule has 1 fully saturated rings. The van der Waals surface area contributed by atoms with E-state index in [1.165, 1.54) is 0 Å². The largest absolute Gasteiger partial charge is 0.396 e. The molecule has 0 radical (unpaired) electrons. The fourth-order valence-electron chi connectivity index (χ4n) is 2.08. The summed E-state index contributed by atoms with van der Waals surface area (Å²) in [7, 11) is 0. The van der Waals surface area contributed by atoms with Crippen LogP contribution >= 0.6 is 0 Å². The Morgan fingerprint density at radius 2 is 2.05 bits per heavy atom. The average Bonchev–Trinajstić information content (AvgIpc) is 2.70. The van der Waals surface area contributed by atoms with Crippen molar-refractivity contribution in [3.05, 3.63) is 32.9 Å². The van der Waals surface area contributed by atoms with Gasteiger partial charge in [0.1, 0.15) is 12.3 Å². The van der Waals surface area contributed by atoms with Crippen LogP contribution in [0.4, 0.5) is 4.39 Å². The lowest BCUT2D eigenvalue weighted by Crippen LogP contribution is -2.37. The highest BCUT2D eigenvalue weighted by Gasteiger charge is 2.44. The lowest BCUT2D eigenvalue weighted by atomic mass is 10.0. The van der Waals surface area contributed by atoms with Gasteiger partial charge in [0.2, 0.25) is 5.82 Å². The van der Waals surface area contributed by atoms with Crippen molar-refractivity contribution in [1.82, 2.24) is 9.55 Å². The minimum absolute atomic E-state index is 0.519. The lowest BCUT2D eigenvalue weighted by molar-refractivity contribution is -0.0499. The minimum Gasteiger partial charge on any atom is -0.396 e. The van der Waals surface area contributed by atoms with Gasteiger partial charge < -0.3 is 20.1 Å². The number of H-pyrrole nitrogens is 1. The number of ether oxygens (including phenoxy) is 1. The maximum Gasteiger partial charge on any atom is 0.330 e. The normalized spacial score (nSPS) is 30.7. The summed E-state index contributed by atoms with van der Waals surface area (Å²) in [5.41, 5.74) is -2.10. The van der Waals surface area contributed by atoms with Crippen molar-refractivity contribution >= 4 is 0 Å². The summed E-state index contributed by atoms with van der Waals surface area (Å²) in [6.07, 6.45) is -2.73. The van der Waals surface area contributed by atoms with E-state index in [4.69, 9.17) is 9.84 Å². The molecule has 9 heteroatoms. The van der Waals surface area contributed by atoms with Crippen molar-refractivity contribution in [1.29, 1.82) is 0 Å². The van der Waals surface area contributed by atoms with Crippen LogP contribution in [0.15, 0.2) is 15.8 Å². The molecule has 0 bridgehead atoms. The van der Waals surface area contributed by atoms with E-state index in [9.17, 15) is 24.2 Å². The standard InChI is InChI=1S/C10H13FN2O6/c11-5-1-13(10(18)12-8(5)17)9-4(2-14)7(16)6(3-15)19-9/h1,4,6-7,9,14-16H,2-3H2,(H,12,17,18). The van der Waals surface area contributed by atoms with E-state index in [0.29, 0.717) is 6.20 Å². The van der Waals surface area contributed by atoms with Crippen LogP contribution in [-0.4, -0.2) is 50.3 Å². The maximum atomic E-state index is 13.2. The van der Waals surface area contributed by atoms with E-state index < -0.39 is 54.6 Å². The number of nitrogens with zero attached hydrogens (tertiary/aromatic N) is 1. The molecule has 0 spiro atoms. The van der Waals surface area contributed by atoms with Crippen LogP contribution < -0.4 is 11.2 Å². The van der Waals surface area contributed by atoms with Crippen molar-refractivity contribution < 1.29 is 24.4 Å². The minimum atomic E-state index is -1.21. The summed E-state index contributed by atoms with van der Waals surface area (Å²) in [6, 6.07) is 0. The van der Waals surface area contributed by atoms with Crippen LogP contribution in [0.3, 0.4) is 0 Å². The third-order valence-electron chi connectivity index (χ3n) is 3.09. The van der Waals surface area contributed by atoms with Gasteiger partial charge in [0.15, 0.2) is 0 Å². The monoisotopic (exact) mass is 276 g/mol. The molecular formula is C10H13FN2O6. The number of aromatic amines is 1. The van der Waals surface area contributed by atoms with Crippen molar-refractivity contribution in [2.75, 3.05) is 13.2 Å². The van der Waals surface area contributed by atoms with Crippen LogP contribution in [0.1, 0.15) is 6.23 Å². The Balaban J connectivity index is 2.44. The van der Waals surface area contributed by atoms with Crippen LogP contribution in [0.5, 0.6) is 0 Å². The molecule has 4 atom stereocenters. The highest BCUT2D eigenvalue weighted by Crippen LogP contribution is 2.33. The zero-order valence-electron chi connectivity index (χ0n) is 9.69. The number of halogens is 1. The van der Waals surface area contributed by atoms with Gasteiger partial charge in [0.25, 0.3) is 5.56 Å². The summed E-state index contributed by atoms with van der Waals surface area (Å²) in [5.74, 6) is -2.11. The lowest BCUT2D eigenvalue weighted by Gasteiger charge is -2.19. The van der Waals surface area contributed by atoms with Gasteiger partial charge in [-0.05, 0) is 0 Å². The third-order valence-corrected chi connectivity index (χ3v) is 3.09. The molecule has 0 aliphatic carbocycles. The van der Waals surface area contributed by atoms with Gasteiger partial charge in [-0.25, -0.2) is 4.79 Å². The first kappa shape index (κ1) is 13.9. The number of nitrogens with one attached hydrogen (secondary N) is 1. The molecule has 2 rings (SSSR count). The Bertz CT molecular complexity index is 570. The van der Waals surface area contributed by atoms with E-state index in [0.717, 1.165) is 4.57 Å². The second-order valence-corrected chi connectivity index (χ2v) is 4.23. The number of aromatic nitrogens is 2. The van der Waals surface area contributed by atoms with E-state index in [1.54, 1.807) is 4.98 Å². The molecule has 4 N–H and O–H groups in total. The SMILES string of the molecule is O=c1[nH]c(=O)n(C2OC(CO)C(O)C2CO)cc1F. The molecule has 0 amide bonds. The zero-order chi connectivity index (χ0) is 14.2. The van der Waals surface area contributed by atoms with Gasteiger partial charge >= 0.3 is 5.69 Å². The predicted molar refractivity (Wildman–Crippen MR) is 58.9 cm³/mol. The van der Waals surface area contributed by atoms with E-state index in [2.05, 4.69) is 0 Å². The first-order valence-electron chi connectivity index (χ1n) is 5.55. The quantitative estimate of drug-likeness (QED) is 0.485. The molecule has 19 heavy (non-hydrogen) atoms. The number of rotatable bonds is 3. The number of aliphatic hydroxyl groups is 3. The summed E-state index contributed by atoms with van der Waals surface area (Å²) < 4.78 is 19.1. The molecule has 1 aliphatic rings. The third kappa shape index (κ3) is 2.32. The van der Waals surface area contributed by atoms with Gasteiger partial charge in [0.05, 0.1) is 31.4 Å². The van der Waals surface area contributed by atoms with Crippen molar-refractivity contribution in [3.63, 3.8) is 0 Å². The molecule has 4 unspecified atom stereocenters. The van der Waals surface area contributed by atoms with Crippen LogP contribution in [-0.2, 0) is 4.74 Å². The predicted octanol–water partition coefficient (Wildman–Crippen LogP) is -2.47. The molecule has 2 heterocycles. The van der Waals surface area contributed by atoms with Crippen molar-refractivity contribution in [2.45, 2.75) is 18.4 Å². The number of hydrogen-bond acceptors (Lipinski definition) is 6. The molecule has 1 aromatic rings. The highest BCUT2D eigenvalue weighted by atomic mass is 19.1. The highest BCUT2D eigenvalue weighted by molar-refractivity contribution is 4.94. The van der Waals surface area contributed by atoms with Crippen molar-refractivity contribution in [3.8, 4) is 0 Å². The van der Waals surface area contributed by atoms with Crippen LogP contribution in [0, 0.1) is 11.7 Å². The maximum absolute atomic E-state index is 13.2. The fourth-order valence-corrected chi connectivity index (χ4v) is 2.08. The zero-order valence-corrected chi connectivity index (χ0v) is 9.69. The van der Waals surface area contributed by atoms with Crippen molar-refractivity contribution in [2.24, 2.45) is 5.92 Å². The Morgan fingerprint density at radius 3 is 2.63 bits per heavy atom. The molecule has 0 aromatic carbocycles. The summed E-state index contributed by atoms with van der Waals surface area (Å²) >= 11 is 0. The Morgan fingerprint density at radius 1 is 1.37 bits per heavy atom. The molecule has 8 nitrogen and oxygen atoms in total. The Labute approximate surface area is 105 Å². The number of hydrogen-bond donors (Lipinski definition) is 4. The molecule has 0 saturated carbocycles. The summed E-state index contributed by atoms with van der Waals surface area (Å²) in [4.78, 5) is 24.2. The van der Waals surface area contributed by atoms with Gasteiger partial charge in [-0.15, -0.1) is 0 Å². The Kier molecular flexibility index (Phi) is 3.80. The van der Waals surface area contributed by atoms with Gasteiger partial charge in [-0.1, -0.05) is 0 Å². The molecule has 1 aliphatic heterocycles. The molecule has 106 valence electrons. The number of aliphatic hydroxyl groups excluding tert-OH is 3. The fraction of sp³-hybridized carbons (Fsp3) is 0.600. The topological polar surface area (TPSA) is 125 Å². The molecular weight excluding hydrogens is 263 g/mol. The summed E-state index contributed by atoms with van der Waals surface area (Å²) in [6.45, 7) is -1.05. The Hall–Kier alpha value is -1.55. The second kappa shape index (κ2) is 5.21. The van der Waals surface area contributed by atoms with E-state index >= 15 is 0 Å². The van der Waals surface area contributed by atoms with Crippen LogP contribution in [0.2, 0.25) is 0 Å². The first-order chi connectivity index (χ1) is 8.99. The average molecular weight is 276 g/mol. The van der Waals surface area contributed by atoms with Crippen LogP contribution in [0.25, 0.3) is 0 Å². The van der Waals surface area contributed by atoms with Gasteiger partial charge in [-0.3, -0.25) is 14.3 Å². The molecule has 1 aromatic heterocycles.